The van der Waals surface area contributed by atoms with Crippen LogP contribution in [0.1, 0.15) is 395 Å². The SMILES string of the molecule is CCCCCCCCCCCCCCCC(=O)O[C@H](COC(=O)CCCCCCCCCCCC(C)C)COP(=O)(O)OC[C@H](O)COP(=O)(O)OC[C@@H](COC(=O)CCCCCCCCCCCCC(C)C)OC(=O)CCCCCCCCCCCCCCCCCC(C)C. The van der Waals surface area contributed by atoms with Gasteiger partial charge >= 0.3 is 39.5 Å². The summed E-state index contributed by atoms with van der Waals surface area (Å²) in [6, 6.07) is 0. The molecule has 0 aromatic rings. The molecule has 0 saturated carbocycles. The summed E-state index contributed by atoms with van der Waals surface area (Å²) in [4.78, 5) is 72.9. The highest BCUT2D eigenvalue weighted by Crippen LogP contribution is 2.45. The lowest BCUT2D eigenvalue weighted by atomic mass is 10.0. The molecule has 2 unspecified atom stereocenters. The summed E-state index contributed by atoms with van der Waals surface area (Å²) in [5.41, 5.74) is 0. The van der Waals surface area contributed by atoms with E-state index >= 15 is 0 Å². The van der Waals surface area contributed by atoms with Gasteiger partial charge in [0, 0.05) is 25.7 Å². The van der Waals surface area contributed by atoms with Crippen LogP contribution in [0.15, 0.2) is 0 Å². The van der Waals surface area contributed by atoms with Gasteiger partial charge in [-0.15, -0.1) is 0 Å². The van der Waals surface area contributed by atoms with Gasteiger partial charge in [-0.2, -0.15) is 0 Å². The molecular weight excluding hydrogens is 1260 g/mol. The fraction of sp³-hybridized carbons (Fsp3) is 0.948. The summed E-state index contributed by atoms with van der Waals surface area (Å²) in [6.45, 7) is 11.9. The highest BCUT2D eigenvalue weighted by atomic mass is 31.2. The number of rotatable bonds is 75. The van der Waals surface area contributed by atoms with E-state index in [4.69, 9.17) is 37.0 Å². The van der Waals surface area contributed by atoms with E-state index in [0.29, 0.717) is 25.7 Å². The van der Waals surface area contributed by atoms with Gasteiger partial charge in [0.1, 0.15) is 19.3 Å². The lowest BCUT2D eigenvalue weighted by molar-refractivity contribution is -0.161. The van der Waals surface area contributed by atoms with Gasteiger partial charge < -0.3 is 33.8 Å². The van der Waals surface area contributed by atoms with Crippen LogP contribution in [0, 0.1) is 17.8 Å². The summed E-state index contributed by atoms with van der Waals surface area (Å²) in [6.07, 6.45) is 54.0. The standard InChI is InChI=1S/C77H150O17P2/c1-8-9-10-11-12-13-14-18-22-31-39-46-53-60-76(81)94-73(65-88-75(80)59-52-45-38-33-26-29-36-43-50-57-70(6)7)67-92-96(85,86)90-63-71(78)62-89-95(83,84)91-66-72(64-87-74(79)58-51-44-37-30-25-24-28-35-42-49-56-69(4)5)93-77(82)61-54-47-40-32-23-20-17-15-16-19-21-27-34-41-48-55-68(2)3/h68-73,78H,8-67H2,1-7H3,(H,83,84)(H,85,86)/t71-,72-,73-/m1/s1. The molecule has 0 aliphatic rings. The summed E-state index contributed by atoms with van der Waals surface area (Å²) >= 11 is 0. The average Bonchev–Trinajstić information content (AvgIpc) is 2.75. The number of phosphoric acid groups is 2. The minimum absolute atomic E-state index is 0.107. The van der Waals surface area contributed by atoms with E-state index in [-0.39, 0.29) is 25.7 Å². The normalized spacial score (nSPS) is 14.1. The van der Waals surface area contributed by atoms with E-state index in [0.717, 1.165) is 108 Å². The van der Waals surface area contributed by atoms with Crippen molar-refractivity contribution in [3.63, 3.8) is 0 Å². The van der Waals surface area contributed by atoms with Gasteiger partial charge in [-0.05, 0) is 43.4 Å². The molecule has 19 heteroatoms. The van der Waals surface area contributed by atoms with Crippen LogP contribution >= 0.6 is 15.6 Å². The van der Waals surface area contributed by atoms with Crippen LogP contribution in [0.25, 0.3) is 0 Å². The second-order valence-electron chi connectivity index (χ2n) is 29.2. The summed E-state index contributed by atoms with van der Waals surface area (Å²) in [7, 11) is -9.91. The van der Waals surface area contributed by atoms with Gasteiger partial charge in [0.2, 0.25) is 0 Å². The first-order valence-corrected chi connectivity index (χ1v) is 42.8. The molecule has 0 aliphatic carbocycles. The van der Waals surface area contributed by atoms with Crippen molar-refractivity contribution in [2.45, 2.75) is 414 Å². The molecule has 0 heterocycles. The van der Waals surface area contributed by atoms with Crippen LogP contribution in [0.4, 0.5) is 0 Å². The van der Waals surface area contributed by atoms with E-state index < -0.39 is 97.5 Å². The second kappa shape index (κ2) is 67.5. The number of phosphoric ester groups is 2. The van der Waals surface area contributed by atoms with Crippen molar-refractivity contribution in [1.82, 2.24) is 0 Å². The summed E-state index contributed by atoms with van der Waals surface area (Å²) in [5.74, 6) is 0.190. The Labute approximate surface area is 588 Å². The van der Waals surface area contributed by atoms with Crippen molar-refractivity contribution < 1.29 is 80.2 Å². The van der Waals surface area contributed by atoms with Crippen molar-refractivity contribution in [2.24, 2.45) is 17.8 Å². The Kier molecular flexibility index (Phi) is 66.2. The molecule has 3 N–H and O–H groups in total. The van der Waals surface area contributed by atoms with Crippen molar-refractivity contribution in [3.05, 3.63) is 0 Å². The van der Waals surface area contributed by atoms with E-state index in [2.05, 4.69) is 48.5 Å². The lowest BCUT2D eigenvalue weighted by Gasteiger charge is -2.21. The molecule has 5 atom stereocenters. The third-order valence-electron chi connectivity index (χ3n) is 17.9. The number of hydrogen-bond donors (Lipinski definition) is 3. The zero-order chi connectivity index (χ0) is 70.9. The minimum atomic E-state index is -4.96. The fourth-order valence-corrected chi connectivity index (χ4v) is 13.4. The maximum atomic E-state index is 13.1. The van der Waals surface area contributed by atoms with Gasteiger partial charge in [0.05, 0.1) is 26.4 Å². The second-order valence-corrected chi connectivity index (χ2v) is 32.1. The van der Waals surface area contributed by atoms with Gasteiger partial charge in [-0.25, -0.2) is 9.13 Å². The highest BCUT2D eigenvalue weighted by molar-refractivity contribution is 7.47. The molecule has 0 fully saturated rings. The van der Waals surface area contributed by atoms with Crippen molar-refractivity contribution in [2.75, 3.05) is 39.6 Å². The number of hydrogen-bond acceptors (Lipinski definition) is 15. The Morgan fingerprint density at radius 1 is 0.281 bits per heavy atom. The number of unbranched alkanes of at least 4 members (excludes halogenated alkanes) is 43. The highest BCUT2D eigenvalue weighted by Gasteiger charge is 2.30. The number of esters is 4. The van der Waals surface area contributed by atoms with Crippen LogP contribution in [0.3, 0.4) is 0 Å². The van der Waals surface area contributed by atoms with Crippen LogP contribution < -0.4 is 0 Å². The average molecular weight is 1410 g/mol. The van der Waals surface area contributed by atoms with Gasteiger partial charge in [-0.1, -0.05) is 344 Å². The van der Waals surface area contributed by atoms with Gasteiger partial charge in [0.25, 0.3) is 0 Å². The third kappa shape index (κ3) is 70.5. The number of ether oxygens (including phenoxy) is 4. The number of carbonyl (C=O) groups is 4. The van der Waals surface area contributed by atoms with E-state index in [1.165, 1.54) is 205 Å². The quantitative estimate of drug-likeness (QED) is 0.0222. The topological polar surface area (TPSA) is 237 Å². The smallest absolute Gasteiger partial charge is 0.462 e. The molecule has 0 aliphatic heterocycles. The maximum absolute atomic E-state index is 13.1. The van der Waals surface area contributed by atoms with Crippen LogP contribution in [-0.4, -0.2) is 96.7 Å². The molecule has 570 valence electrons. The predicted octanol–water partition coefficient (Wildman–Crippen LogP) is 22.6. The summed E-state index contributed by atoms with van der Waals surface area (Å²) < 4.78 is 68.6. The molecule has 0 amide bonds. The Balaban J connectivity index is 5.25. The molecule has 0 aromatic carbocycles. The molecule has 17 nitrogen and oxygen atoms in total. The summed E-state index contributed by atoms with van der Waals surface area (Å²) in [5, 5.41) is 10.6. The molecule has 0 radical (unpaired) electrons. The number of aliphatic hydroxyl groups is 1. The first-order valence-electron chi connectivity index (χ1n) is 39.8. The monoisotopic (exact) mass is 1410 g/mol. The van der Waals surface area contributed by atoms with E-state index in [1.807, 2.05) is 0 Å². The zero-order valence-electron chi connectivity index (χ0n) is 62.8. The van der Waals surface area contributed by atoms with Crippen LogP contribution in [0.5, 0.6) is 0 Å². The zero-order valence-corrected chi connectivity index (χ0v) is 64.6. The largest absolute Gasteiger partial charge is 0.472 e. The first kappa shape index (κ1) is 94.1. The third-order valence-corrected chi connectivity index (χ3v) is 19.8. The minimum Gasteiger partial charge on any atom is -0.462 e. The number of aliphatic hydroxyl groups excluding tert-OH is 1. The number of carbonyl (C=O) groups excluding carboxylic acids is 4. The molecule has 0 spiro atoms. The van der Waals surface area contributed by atoms with E-state index in [1.54, 1.807) is 0 Å². The first-order chi connectivity index (χ1) is 46.2. The van der Waals surface area contributed by atoms with Crippen molar-refractivity contribution in [3.8, 4) is 0 Å². The van der Waals surface area contributed by atoms with E-state index in [9.17, 15) is 43.2 Å². The molecule has 0 aromatic heterocycles. The van der Waals surface area contributed by atoms with Crippen molar-refractivity contribution >= 4 is 39.5 Å². The predicted molar refractivity (Wildman–Crippen MR) is 391 cm³/mol. The lowest BCUT2D eigenvalue weighted by Crippen LogP contribution is -2.30. The molecule has 0 rings (SSSR count). The molecule has 96 heavy (non-hydrogen) atoms. The molecule has 0 saturated heterocycles. The van der Waals surface area contributed by atoms with Crippen LogP contribution in [-0.2, 0) is 65.4 Å². The Hall–Kier alpha value is -1.94. The molecule has 0 bridgehead atoms. The fourth-order valence-electron chi connectivity index (χ4n) is 11.8. The maximum Gasteiger partial charge on any atom is 0.472 e. The Morgan fingerprint density at radius 3 is 0.708 bits per heavy atom. The Morgan fingerprint density at radius 2 is 0.479 bits per heavy atom. The Bertz CT molecular complexity index is 1870. The molecular formula is C77H150O17P2. The van der Waals surface area contributed by atoms with Gasteiger partial charge in [0.15, 0.2) is 12.2 Å². The van der Waals surface area contributed by atoms with Crippen LogP contribution in [0.2, 0.25) is 0 Å². The van der Waals surface area contributed by atoms with Crippen molar-refractivity contribution in [1.29, 1.82) is 0 Å². The van der Waals surface area contributed by atoms with Gasteiger partial charge in [-0.3, -0.25) is 37.3 Å².